The molecule has 0 saturated carbocycles. The molecule has 2 heteroatoms. The fraction of sp³-hybridized carbons (Fsp3) is 0.100. The van der Waals surface area contributed by atoms with Gasteiger partial charge >= 0.3 is 0 Å². The molecule has 60 valence electrons. The van der Waals surface area contributed by atoms with Gasteiger partial charge in [0.15, 0.2) is 0 Å². The maximum absolute atomic E-state index is 4.74. The van der Waals surface area contributed by atoms with E-state index in [0.717, 1.165) is 12.0 Å². The minimum atomic E-state index is 0.893. The van der Waals surface area contributed by atoms with E-state index in [1.54, 1.807) is 12.5 Å². The maximum atomic E-state index is 4.74. The van der Waals surface area contributed by atoms with E-state index in [-0.39, 0.29) is 0 Å². The van der Waals surface area contributed by atoms with Gasteiger partial charge in [-0.05, 0) is 5.56 Å². The summed E-state index contributed by atoms with van der Waals surface area (Å²) in [6.07, 6.45) is 4.31. The maximum Gasteiger partial charge on any atom is 0.127 e. The summed E-state index contributed by atoms with van der Waals surface area (Å²) in [5.41, 5.74) is 2.39. The van der Waals surface area contributed by atoms with E-state index in [1.165, 1.54) is 5.56 Å². The molecule has 0 bridgehead atoms. The van der Waals surface area contributed by atoms with Gasteiger partial charge in [0.1, 0.15) is 6.26 Å². The summed E-state index contributed by atoms with van der Waals surface area (Å²) in [5, 5.41) is 3.64. The molecule has 0 aliphatic rings. The molecule has 0 fully saturated rings. The normalized spacial score (nSPS) is 10.0. The van der Waals surface area contributed by atoms with E-state index in [1.807, 2.05) is 18.2 Å². The van der Waals surface area contributed by atoms with Crippen molar-refractivity contribution in [2.24, 2.45) is 0 Å². The lowest BCUT2D eigenvalue weighted by Gasteiger charge is -1.94. The Labute approximate surface area is 70.8 Å². The van der Waals surface area contributed by atoms with Gasteiger partial charge in [0.2, 0.25) is 0 Å². The van der Waals surface area contributed by atoms with Crippen LogP contribution in [0.25, 0.3) is 0 Å². The van der Waals surface area contributed by atoms with Gasteiger partial charge in [-0.2, -0.15) is 0 Å². The topological polar surface area (TPSA) is 26.0 Å². The van der Waals surface area contributed by atoms with Crippen molar-refractivity contribution in [2.45, 2.75) is 6.42 Å². The summed E-state index contributed by atoms with van der Waals surface area (Å²) in [6.45, 7) is 0. The van der Waals surface area contributed by atoms with Crippen LogP contribution in [0.2, 0.25) is 0 Å². The lowest BCUT2D eigenvalue weighted by Crippen LogP contribution is -1.83. The van der Waals surface area contributed by atoms with Crippen molar-refractivity contribution in [3.8, 4) is 0 Å². The van der Waals surface area contributed by atoms with Crippen LogP contribution >= 0.6 is 0 Å². The first-order valence-electron chi connectivity index (χ1n) is 3.87. The third-order valence-electron chi connectivity index (χ3n) is 1.73. The highest BCUT2D eigenvalue weighted by Gasteiger charge is 1.96. The quantitative estimate of drug-likeness (QED) is 0.671. The van der Waals surface area contributed by atoms with Crippen LogP contribution in [0.15, 0.2) is 47.3 Å². The average molecular weight is 159 g/mol. The molecular weight excluding hydrogens is 150 g/mol. The highest BCUT2D eigenvalue weighted by Crippen LogP contribution is 2.07. The van der Waals surface area contributed by atoms with Crippen LogP contribution in [0.1, 0.15) is 11.1 Å². The van der Waals surface area contributed by atoms with Gasteiger partial charge in [-0.15, -0.1) is 0 Å². The fourth-order valence-electron chi connectivity index (χ4n) is 1.15. The molecule has 0 radical (unpaired) electrons. The molecule has 0 aliphatic heterocycles. The van der Waals surface area contributed by atoms with Gasteiger partial charge in [-0.25, -0.2) is 0 Å². The number of rotatable bonds is 2. The fourth-order valence-corrected chi connectivity index (χ4v) is 1.15. The lowest BCUT2D eigenvalue weighted by molar-refractivity contribution is 0.419. The van der Waals surface area contributed by atoms with Crippen molar-refractivity contribution >= 4 is 0 Å². The Bertz CT molecular complexity index is 326. The van der Waals surface area contributed by atoms with Gasteiger partial charge in [0.25, 0.3) is 0 Å². The van der Waals surface area contributed by atoms with Gasteiger partial charge in [0, 0.05) is 12.0 Å². The van der Waals surface area contributed by atoms with Gasteiger partial charge in [-0.1, -0.05) is 35.5 Å². The van der Waals surface area contributed by atoms with Gasteiger partial charge in [0.05, 0.1) is 6.20 Å². The van der Waals surface area contributed by atoms with Crippen LogP contribution in [-0.2, 0) is 6.42 Å². The predicted octanol–water partition coefficient (Wildman–Crippen LogP) is 2.27. The molecule has 12 heavy (non-hydrogen) atoms. The van der Waals surface area contributed by atoms with E-state index < -0.39 is 0 Å². The second kappa shape index (κ2) is 3.22. The van der Waals surface area contributed by atoms with Crippen molar-refractivity contribution in [1.82, 2.24) is 5.16 Å². The second-order valence-electron chi connectivity index (χ2n) is 2.70. The Balaban J connectivity index is 2.15. The molecule has 2 rings (SSSR count). The molecule has 0 atom stereocenters. The largest absolute Gasteiger partial charge is 0.364 e. The third kappa shape index (κ3) is 1.53. The standard InChI is InChI=1S/C10H9NO/c1-2-4-9(5-3-1)6-10-7-11-12-8-10/h1-5,7-8H,6H2. The average Bonchev–Trinajstić information content (AvgIpc) is 2.59. The zero-order valence-corrected chi connectivity index (χ0v) is 6.60. The Morgan fingerprint density at radius 2 is 1.92 bits per heavy atom. The van der Waals surface area contributed by atoms with Crippen molar-refractivity contribution in [1.29, 1.82) is 0 Å². The van der Waals surface area contributed by atoms with E-state index in [4.69, 9.17) is 4.52 Å². The Hall–Kier alpha value is -1.57. The first-order valence-corrected chi connectivity index (χ1v) is 3.87. The SMILES string of the molecule is c1ccc(Cc2cnoc2)cc1. The van der Waals surface area contributed by atoms with Crippen LogP contribution in [-0.4, -0.2) is 5.16 Å². The summed E-state index contributed by atoms with van der Waals surface area (Å²) >= 11 is 0. The number of aromatic nitrogens is 1. The highest BCUT2D eigenvalue weighted by molar-refractivity contribution is 5.21. The molecule has 1 aromatic carbocycles. The van der Waals surface area contributed by atoms with E-state index >= 15 is 0 Å². The monoisotopic (exact) mass is 159 g/mol. The van der Waals surface area contributed by atoms with Crippen molar-refractivity contribution in [3.63, 3.8) is 0 Å². The molecule has 0 amide bonds. The number of hydrogen-bond donors (Lipinski definition) is 0. The van der Waals surface area contributed by atoms with E-state index in [2.05, 4.69) is 17.3 Å². The zero-order valence-electron chi connectivity index (χ0n) is 6.60. The number of benzene rings is 1. The molecule has 1 heterocycles. The van der Waals surface area contributed by atoms with Gasteiger partial charge < -0.3 is 4.52 Å². The van der Waals surface area contributed by atoms with Crippen LogP contribution < -0.4 is 0 Å². The van der Waals surface area contributed by atoms with E-state index in [9.17, 15) is 0 Å². The zero-order chi connectivity index (χ0) is 8.23. The minimum Gasteiger partial charge on any atom is -0.364 e. The molecule has 2 nitrogen and oxygen atoms in total. The van der Waals surface area contributed by atoms with Crippen LogP contribution in [0.3, 0.4) is 0 Å². The number of nitrogens with zero attached hydrogens (tertiary/aromatic N) is 1. The van der Waals surface area contributed by atoms with Crippen LogP contribution in [0.5, 0.6) is 0 Å². The molecule has 0 aliphatic carbocycles. The smallest absolute Gasteiger partial charge is 0.127 e. The first kappa shape index (κ1) is 7.10. The summed E-state index contributed by atoms with van der Waals surface area (Å²) in [4.78, 5) is 0. The third-order valence-corrected chi connectivity index (χ3v) is 1.73. The molecule has 2 aromatic rings. The first-order chi connectivity index (χ1) is 5.95. The molecule has 1 aromatic heterocycles. The molecule has 0 spiro atoms. The summed E-state index contributed by atoms with van der Waals surface area (Å²) in [7, 11) is 0. The van der Waals surface area contributed by atoms with Crippen LogP contribution in [0, 0.1) is 0 Å². The van der Waals surface area contributed by atoms with Crippen molar-refractivity contribution in [3.05, 3.63) is 53.9 Å². The predicted molar refractivity (Wildman–Crippen MR) is 45.8 cm³/mol. The number of hydrogen-bond acceptors (Lipinski definition) is 2. The second-order valence-corrected chi connectivity index (χ2v) is 2.70. The Kier molecular flexibility index (Phi) is 1.90. The highest BCUT2D eigenvalue weighted by atomic mass is 16.5. The summed E-state index contributed by atoms with van der Waals surface area (Å²) in [6, 6.07) is 10.3. The minimum absolute atomic E-state index is 0.893. The van der Waals surface area contributed by atoms with Gasteiger partial charge in [-0.3, -0.25) is 0 Å². The molecule has 0 unspecified atom stereocenters. The summed E-state index contributed by atoms with van der Waals surface area (Å²) < 4.78 is 4.74. The van der Waals surface area contributed by atoms with Crippen molar-refractivity contribution < 1.29 is 4.52 Å². The molecule has 0 saturated heterocycles. The van der Waals surface area contributed by atoms with Crippen LogP contribution in [0.4, 0.5) is 0 Å². The Morgan fingerprint density at radius 3 is 2.58 bits per heavy atom. The Morgan fingerprint density at radius 1 is 1.08 bits per heavy atom. The van der Waals surface area contributed by atoms with Crippen molar-refractivity contribution in [2.75, 3.05) is 0 Å². The lowest BCUT2D eigenvalue weighted by atomic mass is 10.1. The molecule has 0 N–H and O–H groups in total. The van der Waals surface area contributed by atoms with E-state index in [0.29, 0.717) is 0 Å². The molecular formula is C10H9NO. The summed E-state index contributed by atoms with van der Waals surface area (Å²) in [5.74, 6) is 0.